The van der Waals surface area contributed by atoms with Gasteiger partial charge in [-0.1, -0.05) is 34.1 Å². The van der Waals surface area contributed by atoms with Crippen LogP contribution in [0.2, 0.25) is 0 Å². The molecule has 0 spiro atoms. The average molecular weight is 252 g/mol. The van der Waals surface area contributed by atoms with Crippen molar-refractivity contribution in [2.45, 2.75) is 66.2 Å². The number of carbonyl (C=O) groups is 1. The largest absolute Gasteiger partial charge is 0.481 e. The Bertz CT molecular complexity index is 334. The van der Waals surface area contributed by atoms with Crippen molar-refractivity contribution >= 4 is 5.97 Å². The average Bonchev–Trinajstić information content (AvgIpc) is 2.26. The van der Waals surface area contributed by atoms with Crippen LogP contribution in [0.25, 0.3) is 0 Å². The van der Waals surface area contributed by atoms with E-state index in [0.29, 0.717) is 23.7 Å². The van der Waals surface area contributed by atoms with Crippen molar-refractivity contribution in [2.75, 3.05) is 0 Å². The normalized spacial score (nSPS) is 43.2. The Balaban J connectivity index is 2.27. The van der Waals surface area contributed by atoms with Gasteiger partial charge in [-0.25, -0.2) is 0 Å². The molecule has 0 radical (unpaired) electrons. The molecule has 0 aliphatic heterocycles. The lowest BCUT2D eigenvalue weighted by Crippen LogP contribution is -2.52. The Morgan fingerprint density at radius 3 is 2.50 bits per heavy atom. The van der Waals surface area contributed by atoms with Gasteiger partial charge in [0.2, 0.25) is 0 Å². The smallest absolute Gasteiger partial charge is 0.303 e. The molecule has 0 aromatic heterocycles. The molecule has 18 heavy (non-hydrogen) atoms. The molecule has 0 amide bonds. The van der Waals surface area contributed by atoms with Gasteiger partial charge in [-0.05, 0) is 54.3 Å². The third kappa shape index (κ3) is 2.08. The van der Waals surface area contributed by atoms with Gasteiger partial charge >= 0.3 is 5.97 Å². The highest BCUT2D eigenvalue weighted by atomic mass is 16.4. The zero-order chi connectivity index (χ0) is 13.6. The summed E-state index contributed by atoms with van der Waals surface area (Å²) in [6, 6.07) is 0. The summed E-state index contributed by atoms with van der Waals surface area (Å²) < 4.78 is 0. The van der Waals surface area contributed by atoms with Crippen molar-refractivity contribution in [2.24, 2.45) is 28.6 Å². The first-order chi connectivity index (χ1) is 8.28. The summed E-state index contributed by atoms with van der Waals surface area (Å²) in [4.78, 5) is 11.1. The van der Waals surface area contributed by atoms with Crippen LogP contribution in [0.4, 0.5) is 0 Å². The standard InChI is InChI=1S/C16H28O2/c1-11-8-9-16(4)12(10-14(17)18)6-5-7-13(16)15(11,2)3/h11-13H,5-10H2,1-4H3,(H,17,18). The molecule has 2 aliphatic carbocycles. The molecule has 0 bridgehead atoms. The Kier molecular flexibility index (Phi) is 3.50. The fraction of sp³-hybridized carbons (Fsp3) is 0.938. The SMILES string of the molecule is CC1CCC2(C)C(CC(=O)O)CCCC2C1(C)C. The van der Waals surface area contributed by atoms with Gasteiger partial charge in [-0.15, -0.1) is 0 Å². The van der Waals surface area contributed by atoms with E-state index in [2.05, 4.69) is 27.7 Å². The summed E-state index contributed by atoms with van der Waals surface area (Å²) in [6.07, 6.45) is 6.48. The third-order valence-electron chi connectivity index (χ3n) is 6.48. The Labute approximate surface area is 111 Å². The van der Waals surface area contributed by atoms with Crippen molar-refractivity contribution in [3.8, 4) is 0 Å². The zero-order valence-electron chi connectivity index (χ0n) is 12.3. The molecular weight excluding hydrogens is 224 g/mol. The maximum absolute atomic E-state index is 11.1. The van der Waals surface area contributed by atoms with E-state index >= 15 is 0 Å². The monoisotopic (exact) mass is 252 g/mol. The van der Waals surface area contributed by atoms with Crippen LogP contribution in [-0.2, 0) is 4.79 Å². The van der Waals surface area contributed by atoms with Gasteiger partial charge in [0.05, 0.1) is 0 Å². The van der Waals surface area contributed by atoms with Gasteiger partial charge in [0.1, 0.15) is 0 Å². The second-order valence-electron chi connectivity index (χ2n) is 7.55. The quantitative estimate of drug-likeness (QED) is 0.793. The lowest BCUT2D eigenvalue weighted by atomic mass is 9.45. The second kappa shape index (κ2) is 4.54. The summed E-state index contributed by atoms with van der Waals surface area (Å²) in [5.74, 6) is 1.24. The van der Waals surface area contributed by atoms with Gasteiger partial charge in [-0.3, -0.25) is 4.79 Å². The van der Waals surface area contributed by atoms with Crippen LogP contribution in [-0.4, -0.2) is 11.1 Å². The molecule has 4 unspecified atom stereocenters. The number of aliphatic carboxylic acids is 1. The maximum atomic E-state index is 11.1. The molecule has 0 saturated heterocycles. The van der Waals surface area contributed by atoms with Gasteiger partial charge in [0, 0.05) is 6.42 Å². The van der Waals surface area contributed by atoms with Crippen LogP contribution in [0.15, 0.2) is 0 Å². The molecule has 2 aliphatic rings. The Morgan fingerprint density at radius 2 is 1.89 bits per heavy atom. The fourth-order valence-electron chi connectivity index (χ4n) is 4.90. The lowest BCUT2D eigenvalue weighted by molar-refractivity contribution is -0.145. The van der Waals surface area contributed by atoms with Crippen LogP contribution in [0.3, 0.4) is 0 Å². The number of hydrogen-bond donors (Lipinski definition) is 1. The first-order valence-electron chi connectivity index (χ1n) is 7.50. The number of fused-ring (bicyclic) bond motifs is 1. The van der Waals surface area contributed by atoms with Crippen molar-refractivity contribution in [3.63, 3.8) is 0 Å². The first-order valence-corrected chi connectivity index (χ1v) is 7.50. The van der Waals surface area contributed by atoms with E-state index in [4.69, 9.17) is 5.11 Å². The van der Waals surface area contributed by atoms with E-state index in [1.54, 1.807) is 0 Å². The van der Waals surface area contributed by atoms with Crippen molar-refractivity contribution < 1.29 is 9.90 Å². The van der Waals surface area contributed by atoms with Crippen LogP contribution in [0.5, 0.6) is 0 Å². The first kappa shape index (κ1) is 13.9. The zero-order valence-corrected chi connectivity index (χ0v) is 12.3. The molecule has 104 valence electrons. The number of hydrogen-bond acceptors (Lipinski definition) is 1. The minimum atomic E-state index is -0.613. The molecule has 2 saturated carbocycles. The number of rotatable bonds is 2. The van der Waals surface area contributed by atoms with E-state index in [1.807, 2.05) is 0 Å². The molecular formula is C16H28O2. The maximum Gasteiger partial charge on any atom is 0.303 e. The fourth-order valence-corrected chi connectivity index (χ4v) is 4.90. The van der Waals surface area contributed by atoms with Crippen LogP contribution in [0.1, 0.15) is 66.2 Å². The van der Waals surface area contributed by atoms with Gasteiger partial charge < -0.3 is 5.11 Å². The van der Waals surface area contributed by atoms with Gasteiger partial charge in [0.15, 0.2) is 0 Å². The molecule has 2 rings (SSSR count). The van der Waals surface area contributed by atoms with Gasteiger partial charge in [0.25, 0.3) is 0 Å². The van der Waals surface area contributed by atoms with Gasteiger partial charge in [-0.2, -0.15) is 0 Å². The summed E-state index contributed by atoms with van der Waals surface area (Å²) in [6.45, 7) is 9.56. The molecule has 0 aromatic carbocycles. The van der Waals surface area contributed by atoms with Crippen LogP contribution >= 0.6 is 0 Å². The molecule has 0 heterocycles. The van der Waals surface area contributed by atoms with E-state index in [0.717, 1.165) is 12.3 Å². The molecule has 2 nitrogen and oxygen atoms in total. The van der Waals surface area contributed by atoms with E-state index in [9.17, 15) is 4.79 Å². The molecule has 4 atom stereocenters. The summed E-state index contributed by atoms with van der Waals surface area (Å²) >= 11 is 0. The predicted octanol–water partition coefficient (Wildman–Crippen LogP) is 4.34. The van der Waals surface area contributed by atoms with E-state index in [-0.39, 0.29) is 5.41 Å². The summed E-state index contributed by atoms with van der Waals surface area (Å²) in [5, 5.41) is 9.15. The summed E-state index contributed by atoms with van der Waals surface area (Å²) in [5.41, 5.74) is 0.622. The van der Waals surface area contributed by atoms with Crippen LogP contribution < -0.4 is 0 Å². The van der Waals surface area contributed by atoms with Crippen molar-refractivity contribution in [1.29, 1.82) is 0 Å². The highest BCUT2D eigenvalue weighted by Gasteiger charge is 2.54. The number of carboxylic acids is 1. The minimum Gasteiger partial charge on any atom is -0.481 e. The van der Waals surface area contributed by atoms with E-state index < -0.39 is 5.97 Å². The molecule has 1 N–H and O–H groups in total. The van der Waals surface area contributed by atoms with Crippen molar-refractivity contribution in [3.05, 3.63) is 0 Å². The molecule has 2 fully saturated rings. The molecule has 2 heteroatoms. The lowest BCUT2D eigenvalue weighted by Gasteiger charge is -2.59. The predicted molar refractivity (Wildman–Crippen MR) is 73.4 cm³/mol. The van der Waals surface area contributed by atoms with Crippen LogP contribution in [0, 0.1) is 28.6 Å². The Hall–Kier alpha value is -0.530. The summed E-state index contributed by atoms with van der Waals surface area (Å²) in [7, 11) is 0. The third-order valence-corrected chi connectivity index (χ3v) is 6.48. The minimum absolute atomic E-state index is 0.257. The highest BCUT2D eigenvalue weighted by Crippen LogP contribution is 2.62. The Morgan fingerprint density at radius 1 is 1.22 bits per heavy atom. The number of carboxylic acid groups (broad SMARTS) is 1. The highest BCUT2D eigenvalue weighted by molar-refractivity contribution is 5.67. The molecule has 0 aromatic rings. The van der Waals surface area contributed by atoms with Crippen molar-refractivity contribution in [1.82, 2.24) is 0 Å². The second-order valence-corrected chi connectivity index (χ2v) is 7.55. The van der Waals surface area contributed by atoms with E-state index in [1.165, 1.54) is 25.7 Å². The topological polar surface area (TPSA) is 37.3 Å².